The van der Waals surface area contributed by atoms with Crippen molar-refractivity contribution >= 4 is 31.9 Å². The molecular weight excluding hydrogens is 378 g/mol. The lowest BCUT2D eigenvalue weighted by Gasteiger charge is -2.21. The van der Waals surface area contributed by atoms with Gasteiger partial charge in [-0.05, 0) is 49.2 Å². The van der Waals surface area contributed by atoms with Crippen LogP contribution in [0, 0.1) is 13.8 Å². The van der Waals surface area contributed by atoms with Crippen molar-refractivity contribution in [3.63, 3.8) is 0 Å². The maximum absolute atomic E-state index is 3.71. The summed E-state index contributed by atoms with van der Waals surface area (Å²) in [6.07, 6.45) is 0. The van der Waals surface area contributed by atoms with E-state index in [1.54, 1.807) is 0 Å². The van der Waals surface area contributed by atoms with E-state index in [1.807, 2.05) is 0 Å². The van der Waals surface area contributed by atoms with Crippen molar-refractivity contribution in [2.24, 2.45) is 0 Å². The Bertz CT molecular complexity index is 608. The van der Waals surface area contributed by atoms with Crippen LogP contribution in [0.2, 0.25) is 0 Å². The van der Waals surface area contributed by atoms with Crippen molar-refractivity contribution < 1.29 is 0 Å². The number of aryl methyl sites for hydroxylation is 2. The van der Waals surface area contributed by atoms with Gasteiger partial charge in [-0.3, -0.25) is 0 Å². The molecule has 1 N–H and O–H groups in total. The van der Waals surface area contributed by atoms with Crippen LogP contribution in [-0.4, -0.2) is 6.54 Å². The molecule has 20 heavy (non-hydrogen) atoms. The second-order valence-corrected chi connectivity index (χ2v) is 6.74. The fourth-order valence-electron chi connectivity index (χ4n) is 2.34. The first-order valence-electron chi connectivity index (χ1n) is 6.78. The maximum atomic E-state index is 3.71. The van der Waals surface area contributed by atoms with Crippen molar-refractivity contribution in [1.29, 1.82) is 0 Å². The minimum absolute atomic E-state index is 0.200. The van der Waals surface area contributed by atoms with Crippen LogP contribution in [0.5, 0.6) is 0 Å². The Labute approximate surface area is 138 Å². The summed E-state index contributed by atoms with van der Waals surface area (Å²) in [7, 11) is 0. The molecule has 0 aliphatic heterocycles. The summed E-state index contributed by atoms with van der Waals surface area (Å²) >= 11 is 7.34. The quantitative estimate of drug-likeness (QED) is 0.716. The molecular formula is C17H19Br2N. The average molecular weight is 397 g/mol. The van der Waals surface area contributed by atoms with E-state index in [0.717, 1.165) is 15.5 Å². The van der Waals surface area contributed by atoms with Gasteiger partial charge in [-0.2, -0.15) is 0 Å². The lowest BCUT2D eigenvalue weighted by molar-refractivity contribution is 0.628. The van der Waals surface area contributed by atoms with Gasteiger partial charge in [0.1, 0.15) is 0 Å². The van der Waals surface area contributed by atoms with Gasteiger partial charge in [0.2, 0.25) is 0 Å². The first-order chi connectivity index (χ1) is 9.52. The maximum Gasteiger partial charge on any atom is 0.0588 e. The molecule has 0 bridgehead atoms. The van der Waals surface area contributed by atoms with Crippen molar-refractivity contribution in [1.82, 2.24) is 5.32 Å². The third-order valence-electron chi connectivity index (χ3n) is 3.37. The molecule has 2 aromatic rings. The lowest BCUT2D eigenvalue weighted by Crippen LogP contribution is -2.22. The molecule has 1 nitrogen and oxygen atoms in total. The van der Waals surface area contributed by atoms with Gasteiger partial charge in [0.15, 0.2) is 0 Å². The number of nitrogens with one attached hydrogen (secondary N) is 1. The first-order valence-corrected chi connectivity index (χ1v) is 8.37. The predicted octanol–water partition coefficient (Wildman–Crippen LogP) is 5.53. The zero-order valence-corrected chi connectivity index (χ0v) is 15.2. The average Bonchev–Trinajstić information content (AvgIpc) is 2.40. The van der Waals surface area contributed by atoms with Crippen LogP contribution in [0.1, 0.15) is 35.2 Å². The minimum Gasteiger partial charge on any atom is -0.306 e. The zero-order valence-electron chi connectivity index (χ0n) is 12.0. The summed E-state index contributed by atoms with van der Waals surface area (Å²) in [5, 5.41) is 3.58. The van der Waals surface area contributed by atoms with Crippen molar-refractivity contribution in [3.05, 3.63) is 67.6 Å². The normalized spacial score (nSPS) is 12.4. The molecule has 0 aromatic heterocycles. The van der Waals surface area contributed by atoms with Gasteiger partial charge >= 0.3 is 0 Å². The van der Waals surface area contributed by atoms with Gasteiger partial charge < -0.3 is 5.32 Å². The molecule has 2 rings (SSSR count). The van der Waals surface area contributed by atoms with E-state index in [2.05, 4.69) is 94.3 Å². The van der Waals surface area contributed by atoms with Crippen LogP contribution < -0.4 is 5.32 Å². The van der Waals surface area contributed by atoms with Crippen LogP contribution in [0.25, 0.3) is 0 Å². The van der Waals surface area contributed by atoms with Gasteiger partial charge in [-0.1, -0.05) is 68.6 Å². The highest BCUT2D eigenvalue weighted by Gasteiger charge is 2.17. The zero-order chi connectivity index (χ0) is 14.7. The lowest BCUT2D eigenvalue weighted by atomic mass is 9.96. The number of benzene rings is 2. The van der Waals surface area contributed by atoms with E-state index < -0.39 is 0 Å². The van der Waals surface area contributed by atoms with Gasteiger partial charge in [0.05, 0.1) is 6.04 Å². The monoisotopic (exact) mass is 395 g/mol. The van der Waals surface area contributed by atoms with E-state index >= 15 is 0 Å². The van der Waals surface area contributed by atoms with Crippen LogP contribution in [0.15, 0.2) is 45.3 Å². The van der Waals surface area contributed by atoms with Gasteiger partial charge in [0, 0.05) is 8.95 Å². The summed E-state index contributed by atoms with van der Waals surface area (Å²) in [5.74, 6) is 0. The van der Waals surface area contributed by atoms with Crippen LogP contribution in [-0.2, 0) is 0 Å². The van der Waals surface area contributed by atoms with Crippen molar-refractivity contribution in [2.75, 3.05) is 6.54 Å². The second kappa shape index (κ2) is 6.88. The number of halogens is 2. The fourth-order valence-corrected chi connectivity index (χ4v) is 3.39. The Morgan fingerprint density at radius 2 is 1.80 bits per heavy atom. The highest BCUT2D eigenvalue weighted by Crippen LogP contribution is 2.33. The van der Waals surface area contributed by atoms with E-state index in [9.17, 15) is 0 Å². The van der Waals surface area contributed by atoms with E-state index in [0.29, 0.717) is 0 Å². The Hall–Kier alpha value is -0.640. The van der Waals surface area contributed by atoms with E-state index in [1.165, 1.54) is 22.3 Å². The molecule has 0 amide bonds. The molecule has 106 valence electrons. The summed E-state index contributed by atoms with van der Waals surface area (Å²) in [5.41, 5.74) is 5.08. The number of hydrogen-bond acceptors (Lipinski definition) is 1. The van der Waals surface area contributed by atoms with Crippen LogP contribution >= 0.6 is 31.9 Å². The number of rotatable bonds is 4. The summed E-state index contributed by atoms with van der Waals surface area (Å²) in [4.78, 5) is 0. The molecule has 1 unspecified atom stereocenters. The highest BCUT2D eigenvalue weighted by atomic mass is 79.9. The molecule has 0 heterocycles. The Morgan fingerprint density at radius 1 is 1.05 bits per heavy atom. The minimum atomic E-state index is 0.200. The Balaban J connectivity index is 2.51. The smallest absolute Gasteiger partial charge is 0.0588 e. The number of hydrogen-bond donors (Lipinski definition) is 1. The highest BCUT2D eigenvalue weighted by molar-refractivity contribution is 9.11. The largest absolute Gasteiger partial charge is 0.306 e. The van der Waals surface area contributed by atoms with Crippen molar-refractivity contribution in [3.8, 4) is 0 Å². The second-order valence-electron chi connectivity index (χ2n) is 5.03. The van der Waals surface area contributed by atoms with E-state index in [4.69, 9.17) is 0 Å². The summed E-state index contributed by atoms with van der Waals surface area (Å²) < 4.78 is 2.29. The fraction of sp³-hybridized carbons (Fsp3) is 0.294. The molecule has 3 heteroatoms. The first kappa shape index (κ1) is 15.7. The van der Waals surface area contributed by atoms with Crippen molar-refractivity contribution in [2.45, 2.75) is 26.8 Å². The molecule has 0 radical (unpaired) electrons. The topological polar surface area (TPSA) is 12.0 Å². The molecule has 0 spiro atoms. The Kier molecular flexibility index (Phi) is 5.42. The van der Waals surface area contributed by atoms with Gasteiger partial charge in [-0.15, -0.1) is 0 Å². The molecule has 1 atom stereocenters. The van der Waals surface area contributed by atoms with E-state index in [-0.39, 0.29) is 6.04 Å². The molecule has 2 aromatic carbocycles. The van der Waals surface area contributed by atoms with Gasteiger partial charge in [0.25, 0.3) is 0 Å². The summed E-state index contributed by atoms with van der Waals surface area (Å²) in [6.45, 7) is 7.30. The molecule has 0 aliphatic carbocycles. The molecule has 0 aliphatic rings. The summed E-state index contributed by atoms with van der Waals surface area (Å²) in [6, 6.07) is 13.2. The SMILES string of the molecule is CCNC(c1cccc(C)c1)c1cc(Br)c(C)cc1Br. The van der Waals surface area contributed by atoms with Crippen LogP contribution in [0.4, 0.5) is 0 Å². The standard InChI is InChI=1S/C17H19Br2N/c1-4-20-17(13-7-5-6-11(2)8-13)14-10-15(18)12(3)9-16(14)19/h5-10,17,20H,4H2,1-3H3. The van der Waals surface area contributed by atoms with Crippen LogP contribution in [0.3, 0.4) is 0 Å². The van der Waals surface area contributed by atoms with Gasteiger partial charge in [-0.25, -0.2) is 0 Å². The Morgan fingerprint density at radius 3 is 2.45 bits per heavy atom. The molecule has 0 saturated heterocycles. The third-order valence-corrected chi connectivity index (χ3v) is 4.91. The predicted molar refractivity (Wildman–Crippen MR) is 93.3 cm³/mol. The molecule has 0 saturated carbocycles. The molecule has 0 fully saturated rings. The third kappa shape index (κ3) is 3.51.